The number of hydrogen-bond acceptors (Lipinski definition) is 4. The highest BCUT2D eigenvalue weighted by Gasteiger charge is 2.29. The minimum Gasteiger partial charge on any atom is -0.379 e. The Labute approximate surface area is 165 Å². The molecule has 1 N–H and O–H groups in total. The molecule has 3 rings (SSSR count). The molecular weight excluding hydrogens is 358 g/mol. The van der Waals surface area contributed by atoms with Crippen molar-refractivity contribution in [2.75, 3.05) is 19.0 Å². The maximum Gasteiger partial charge on any atom is 0.187 e. The molecule has 0 radical (unpaired) electrons. The highest BCUT2D eigenvalue weighted by molar-refractivity contribution is 6.33. The fraction of sp³-hybridized carbons (Fsp3) is 0.273. The van der Waals surface area contributed by atoms with Crippen molar-refractivity contribution < 1.29 is 4.79 Å². The zero-order valence-corrected chi connectivity index (χ0v) is 16.7. The predicted octanol–water partition coefficient (Wildman–Crippen LogP) is 4.43. The molecule has 0 bridgehead atoms. The summed E-state index contributed by atoms with van der Waals surface area (Å²) >= 11 is 6.45. The molecule has 0 aliphatic carbocycles. The van der Waals surface area contributed by atoms with Crippen LogP contribution in [0.2, 0.25) is 5.02 Å². The molecular formula is C22H22ClN3O. The molecule has 2 aromatic rings. The van der Waals surface area contributed by atoms with Gasteiger partial charge in [-0.15, -0.1) is 0 Å². The Kier molecular flexibility index (Phi) is 4.99. The smallest absolute Gasteiger partial charge is 0.187 e. The minimum absolute atomic E-state index is 0.105. The lowest BCUT2D eigenvalue weighted by atomic mass is 9.85. The highest BCUT2D eigenvalue weighted by Crippen LogP contribution is 2.36. The predicted molar refractivity (Wildman–Crippen MR) is 110 cm³/mol. The third-order valence-corrected chi connectivity index (χ3v) is 4.93. The van der Waals surface area contributed by atoms with E-state index in [2.05, 4.69) is 25.2 Å². The van der Waals surface area contributed by atoms with Crippen LogP contribution in [0, 0.1) is 11.3 Å². The number of nitrogens with one attached hydrogen (secondary N) is 1. The number of nitrogens with zero attached hydrogens (tertiary/aromatic N) is 2. The first-order chi connectivity index (χ1) is 12.7. The van der Waals surface area contributed by atoms with Gasteiger partial charge >= 0.3 is 0 Å². The van der Waals surface area contributed by atoms with Crippen LogP contribution < -0.4 is 10.2 Å². The monoisotopic (exact) mass is 379 g/mol. The van der Waals surface area contributed by atoms with Gasteiger partial charge < -0.3 is 10.2 Å². The third-order valence-electron chi connectivity index (χ3n) is 4.62. The van der Waals surface area contributed by atoms with Crippen LogP contribution in [0.5, 0.6) is 0 Å². The number of hydrogen-bond donors (Lipinski definition) is 1. The number of carbonyl (C=O) groups is 1. The lowest BCUT2D eigenvalue weighted by Crippen LogP contribution is -2.44. The van der Waals surface area contributed by atoms with Gasteiger partial charge in [0.25, 0.3) is 0 Å². The van der Waals surface area contributed by atoms with Gasteiger partial charge in [-0.1, -0.05) is 11.6 Å². The molecule has 2 aromatic carbocycles. The van der Waals surface area contributed by atoms with Crippen LogP contribution in [0.25, 0.3) is 5.70 Å². The molecule has 0 spiro atoms. The number of nitriles is 1. The largest absolute Gasteiger partial charge is 0.379 e. The van der Waals surface area contributed by atoms with Gasteiger partial charge in [0, 0.05) is 42.5 Å². The molecule has 1 aliphatic heterocycles. The van der Waals surface area contributed by atoms with Crippen LogP contribution in [-0.2, 0) is 6.42 Å². The summed E-state index contributed by atoms with van der Waals surface area (Å²) in [6, 6.07) is 12.8. The van der Waals surface area contributed by atoms with E-state index in [0.717, 1.165) is 28.9 Å². The van der Waals surface area contributed by atoms with E-state index in [1.165, 1.54) is 0 Å². The number of fused-ring (bicyclic) bond motifs is 1. The molecule has 0 fully saturated rings. The summed E-state index contributed by atoms with van der Waals surface area (Å²) in [5.41, 5.74) is 4.70. The minimum atomic E-state index is -0.188. The molecule has 1 heterocycles. The first-order valence-electron chi connectivity index (χ1n) is 8.75. The second-order valence-corrected chi connectivity index (χ2v) is 8.06. The molecule has 4 nitrogen and oxygen atoms in total. The summed E-state index contributed by atoms with van der Waals surface area (Å²) in [5.74, 6) is -0.105. The molecule has 0 aromatic heterocycles. The zero-order valence-electron chi connectivity index (χ0n) is 15.9. The van der Waals surface area contributed by atoms with Crippen molar-refractivity contribution >= 4 is 28.8 Å². The number of rotatable bonds is 3. The first-order valence-corrected chi connectivity index (χ1v) is 9.12. The summed E-state index contributed by atoms with van der Waals surface area (Å²) < 4.78 is 0. The zero-order chi connectivity index (χ0) is 19.8. The summed E-state index contributed by atoms with van der Waals surface area (Å²) in [6.07, 6.45) is 2.45. The van der Waals surface area contributed by atoms with Crippen molar-refractivity contribution in [3.8, 4) is 6.07 Å². The molecule has 0 saturated carbocycles. The number of anilines is 1. The van der Waals surface area contributed by atoms with E-state index in [0.29, 0.717) is 16.1 Å². The van der Waals surface area contributed by atoms with E-state index in [4.69, 9.17) is 16.9 Å². The fourth-order valence-electron chi connectivity index (χ4n) is 3.33. The Balaban J connectivity index is 2.06. The molecule has 0 amide bonds. The second kappa shape index (κ2) is 7.09. The molecule has 0 saturated heterocycles. The van der Waals surface area contributed by atoms with Crippen LogP contribution in [0.3, 0.4) is 0 Å². The third kappa shape index (κ3) is 3.99. The highest BCUT2D eigenvalue weighted by atomic mass is 35.5. The normalized spacial score (nSPS) is 16.2. The lowest BCUT2D eigenvalue weighted by molar-refractivity contribution is 0.104. The van der Waals surface area contributed by atoms with Crippen molar-refractivity contribution in [3.05, 3.63) is 69.8 Å². The number of benzene rings is 2. The van der Waals surface area contributed by atoms with E-state index in [1.54, 1.807) is 30.3 Å². The van der Waals surface area contributed by atoms with E-state index in [-0.39, 0.29) is 11.3 Å². The van der Waals surface area contributed by atoms with Crippen molar-refractivity contribution in [1.29, 1.82) is 5.26 Å². The molecule has 27 heavy (non-hydrogen) atoms. The van der Waals surface area contributed by atoms with Crippen molar-refractivity contribution in [3.63, 3.8) is 0 Å². The Morgan fingerprint density at radius 2 is 1.93 bits per heavy atom. The Hall–Kier alpha value is -2.77. The Morgan fingerprint density at radius 1 is 1.26 bits per heavy atom. The number of carbonyl (C=O) groups excluding carboxylic acids is 1. The molecule has 5 heteroatoms. The van der Waals surface area contributed by atoms with Gasteiger partial charge in [0.05, 0.1) is 22.3 Å². The van der Waals surface area contributed by atoms with Gasteiger partial charge in [0.15, 0.2) is 5.78 Å². The first kappa shape index (κ1) is 19.0. The molecule has 138 valence electrons. The van der Waals surface area contributed by atoms with E-state index in [1.807, 2.05) is 31.1 Å². The van der Waals surface area contributed by atoms with Crippen molar-refractivity contribution in [1.82, 2.24) is 5.32 Å². The van der Waals surface area contributed by atoms with E-state index in [9.17, 15) is 4.79 Å². The van der Waals surface area contributed by atoms with E-state index < -0.39 is 0 Å². The molecule has 0 atom stereocenters. The number of allylic oxidation sites excluding steroid dienone is 1. The van der Waals surface area contributed by atoms with Gasteiger partial charge in [-0.05, 0) is 62.2 Å². The average Bonchev–Trinajstić information content (AvgIpc) is 2.60. The van der Waals surface area contributed by atoms with Crippen LogP contribution in [0.4, 0.5) is 5.69 Å². The Bertz CT molecular complexity index is 966. The standard InChI is InChI=1S/C22H22ClN3O/c1-22(2)12-16-9-18(23)20(26(3)4)10-17(16)19(25-22)11-21(27)15-7-5-14(13-24)6-8-15/h5-11,25H,12H2,1-4H3/b19-11-. The van der Waals surface area contributed by atoms with Crippen LogP contribution >= 0.6 is 11.6 Å². The van der Waals surface area contributed by atoms with Gasteiger partial charge in [-0.25, -0.2) is 0 Å². The molecule has 1 aliphatic rings. The number of halogens is 1. The fourth-order valence-corrected chi connectivity index (χ4v) is 3.69. The SMILES string of the molecule is CN(C)c1cc2c(cc1Cl)CC(C)(C)N/C2=C\C(=O)c1ccc(C#N)cc1. The Morgan fingerprint density at radius 3 is 2.52 bits per heavy atom. The van der Waals surface area contributed by atoms with Crippen LogP contribution in [-0.4, -0.2) is 25.4 Å². The lowest BCUT2D eigenvalue weighted by Gasteiger charge is -2.36. The van der Waals surface area contributed by atoms with Gasteiger partial charge in [-0.2, -0.15) is 5.26 Å². The van der Waals surface area contributed by atoms with Crippen LogP contribution in [0.1, 0.15) is 40.9 Å². The summed E-state index contributed by atoms with van der Waals surface area (Å²) in [4.78, 5) is 14.7. The van der Waals surface area contributed by atoms with E-state index >= 15 is 0 Å². The van der Waals surface area contributed by atoms with Crippen LogP contribution in [0.15, 0.2) is 42.5 Å². The maximum absolute atomic E-state index is 12.8. The molecule has 0 unspecified atom stereocenters. The maximum atomic E-state index is 12.8. The topological polar surface area (TPSA) is 56.1 Å². The van der Waals surface area contributed by atoms with Gasteiger partial charge in [0.1, 0.15) is 0 Å². The summed E-state index contributed by atoms with van der Waals surface area (Å²) in [5, 5.41) is 13.1. The van der Waals surface area contributed by atoms with Gasteiger partial charge in [0.2, 0.25) is 0 Å². The van der Waals surface area contributed by atoms with Crippen molar-refractivity contribution in [2.45, 2.75) is 25.8 Å². The van der Waals surface area contributed by atoms with Crippen molar-refractivity contribution in [2.24, 2.45) is 0 Å². The summed E-state index contributed by atoms with van der Waals surface area (Å²) in [7, 11) is 3.89. The summed E-state index contributed by atoms with van der Waals surface area (Å²) in [6.45, 7) is 4.20. The number of ketones is 1. The van der Waals surface area contributed by atoms with Gasteiger partial charge in [-0.3, -0.25) is 4.79 Å². The second-order valence-electron chi connectivity index (χ2n) is 7.65. The quantitative estimate of drug-likeness (QED) is 0.633. The average molecular weight is 380 g/mol.